The lowest BCUT2D eigenvalue weighted by molar-refractivity contribution is 0.120. The summed E-state index contributed by atoms with van der Waals surface area (Å²) in [6.07, 6.45) is 2.81. The molecule has 0 saturated heterocycles. The number of hydrogen-bond donors (Lipinski definition) is 0. The molecular formula is C17H22N2OS. The summed E-state index contributed by atoms with van der Waals surface area (Å²) in [7, 11) is 1.73. The molecule has 1 unspecified atom stereocenters. The molecule has 1 aromatic heterocycles. The van der Waals surface area contributed by atoms with Crippen molar-refractivity contribution in [3.63, 3.8) is 0 Å². The highest BCUT2D eigenvalue weighted by Gasteiger charge is 2.16. The fraction of sp³-hybridized carbons (Fsp3) is 0.412. The number of hydrogen-bond acceptors (Lipinski definition) is 4. The van der Waals surface area contributed by atoms with Crippen LogP contribution in [0.5, 0.6) is 0 Å². The molecule has 1 heterocycles. The third-order valence-electron chi connectivity index (χ3n) is 3.73. The minimum Gasteiger partial charge on any atom is -0.377 e. The second-order valence-electron chi connectivity index (χ2n) is 5.09. The highest BCUT2D eigenvalue weighted by atomic mass is 32.1. The molecule has 0 saturated carbocycles. The van der Waals surface area contributed by atoms with Gasteiger partial charge in [-0.25, -0.2) is 4.98 Å². The molecule has 1 atom stereocenters. The molecule has 0 fully saturated rings. The minimum absolute atomic E-state index is 0.0254. The highest BCUT2D eigenvalue weighted by molar-refractivity contribution is 7.13. The fourth-order valence-electron chi connectivity index (χ4n) is 2.18. The molecule has 1 aromatic carbocycles. The summed E-state index contributed by atoms with van der Waals surface area (Å²) in [6, 6.07) is 4.24. The number of benzene rings is 1. The summed E-state index contributed by atoms with van der Waals surface area (Å²) < 4.78 is 5.50. The Hall–Kier alpha value is -1.52. The average Bonchev–Trinajstić information content (AvgIpc) is 3.02. The molecule has 0 N–H and O–H groups in total. The zero-order valence-electron chi connectivity index (χ0n) is 13.3. The van der Waals surface area contributed by atoms with E-state index in [2.05, 4.69) is 44.8 Å². The van der Waals surface area contributed by atoms with Gasteiger partial charge in [-0.1, -0.05) is 19.1 Å². The van der Waals surface area contributed by atoms with Crippen molar-refractivity contribution in [3.8, 4) is 10.6 Å². The Morgan fingerprint density at radius 1 is 1.43 bits per heavy atom. The first-order valence-corrected chi connectivity index (χ1v) is 8.06. The largest absolute Gasteiger partial charge is 0.377 e. The van der Waals surface area contributed by atoms with Gasteiger partial charge in [-0.3, -0.25) is 4.99 Å². The van der Waals surface area contributed by atoms with Gasteiger partial charge in [0.05, 0.1) is 11.8 Å². The van der Waals surface area contributed by atoms with Crippen LogP contribution in [0.4, 0.5) is 5.69 Å². The van der Waals surface area contributed by atoms with Crippen LogP contribution in [0.15, 0.2) is 28.7 Å². The fourth-order valence-corrected chi connectivity index (χ4v) is 2.90. The van der Waals surface area contributed by atoms with E-state index >= 15 is 0 Å². The Bertz CT molecular complexity index is 632. The Morgan fingerprint density at radius 3 is 2.76 bits per heavy atom. The van der Waals surface area contributed by atoms with Crippen molar-refractivity contribution in [3.05, 3.63) is 34.8 Å². The zero-order valence-corrected chi connectivity index (χ0v) is 14.1. The Kier molecular flexibility index (Phi) is 5.26. The van der Waals surface area contributed by atoms with Crippen molar-refractivity contribution in [1.82, 2.24) is 4.98 Å². The van der Waals surface area contributed by atoms with Gasteiger partial charge < -0.3 is 4.74 Å². The van der Waals surface area contributed by atoms with E-state index in [4.69, 9.17) is 9.73 Å². The van der Waals surface area contributed by atoms with Gasteiger partial charge in [0.1, 0.15) is 5.01 Å². The number of ether oxygens (including phenoxy) is 1. The van der Waals surface area contributed by atoms with Gasteiger partial charge in [-0.15, -0.1) is 11.3 Å². The third-order valence-corrected chi connectivity index (χ3v) is 4.54. The van der Waals surface area contributed by atoms with Gasteiger partial charge in [0.25, 0.3) is 0 Å². The molecule has 0 aliphatic rings. The third kappa shape index (κ3) is 3.39. The van der Waals surface area contributed by atoms with Gasteiger partial charge in [-0.05, 0) is 32.8 Å². The van der Waals surface area contributed by atoms with E-state index in [0.717, 1.165) is 34.0 Å². The molecule has 0 aliphatic carbocycles. The van der Waals surface area contributed by atoms with E-state index in [9.17, 15) is 0 Å². The molecule has 0 radical (unpaired) electrons. The predicted molar refractivity (Wildman–Crippen MR) is 90.8 cm³/mol. The number of nitrogens with zero attached hydrogens (tertiary/aromatic N) is 2. The number of rotatable bonds is 5. The molecule has 2 aromatic rings. The number of thiazole rings is 1. The van der Waals surface area contributed by atoms with E-state index in [0.29, 0.717) is 0 Å². The van der Waals surface area contributed by atoms with Crippen molar-refractivity contribution < 1.29 is 4.74 Å². The van der Waals surface area contributed by atoms with Crippen molar-refractivity contribution in [2.45, 2.75) is 40.2 Å². The second kappa shape index (κ2) is 6.96. The maximum atomic E-state index is 5.50. The van der Waals surface area contributed by atoms with Crippen molar-refractivity contribution in [2.75, 3.05) is 7.11 Å². The van der Waals surface area contributed by atoms with E-state index in [1.54, 1.807) is 18.4 Å². The lowest BCUT2D eigenvalue weighted by atomic mass is 9.99. The van der Waals surface area contributed by atoms with Crippen molar-refractivity contribution in [1.29, 1.82) is 0 Å². The predicted octanol–water partition coefficient (Wildman–Crippen LogP) is 5.33. The zero-order chi connectivity index (χ0) is 15.4. The molecule has 2 rings (SSSR count). The SMILES string of the molecule is CCC(C)=Nc1c(C(C)OC)ccc(-c2nccs2)c1C. The molecule has 0 spiro atoms. The summed E-state index contributed by atoms with van der Waals surface area (Å²) in [6.45, 7) is 8.36. The minimum atomic E-state index is 0.0254. The van der Waals surface area contributed by atoms with Crippen LogP contribution in [0.2, 0.25) is 0 Å². The van der Waals surface area contributed by atoms with Crippen LogP contribution in [0.3, 0.4) is 0 Å². The summed E-state index contributed by atoms with van der Waals surface area (Å²) in [4.78, 5) is 9.25. The summed E-state index contributed by atoms with van der Waals surface area (Å²) in [5.41, 5.74) is 5.59. The molecule has 21 heavy (non-hydrogen) atoms. The second-order valence-corrected chi connectivity index (χ2v) is 5.99. The number of methoxy groups -OCH3 is 1. The van der Waals surface area contributed by atoms with E-state index in [1.807, 2.05) is 11.6 Å². The standard InChI is InChI=1S/C17H22N2OS/c1-6-11(2)19-16-12(3)14(17-18-9-10-21-17)7-8-15(16)13(4)20-5/h7-10,13H,6H2,1-5H3. The van der Waals surface area contributed by atoms with Crippen LogP contribution in [-0.4, -0.2) is 17.8 Å². The van der Waals surface area contributed by atoms with Gasteiger partial charge in [0, 0.05) is 35.5 Å². The molecule has 3 nitrogen and oxygen atoms in total. The Labute approximate surface area is 130 Å². The average molecular weight is 302 g/mol. The van der Waals surface area contributed by atoms with Crippen molar-refractivity contribution >= 4 is 22.7 Å². The Balaban J connectivity index is 2.63. The maximum Gasteiger partial charge on any atom is 0.123 e. The molecule has 0 aliphatic heterocycles. The smallest absolute Gasteiger partial charge is 0.123 e. The van der Waals surface area contributed by atoms with E-state index < -0.39 is 0 Å². The first-order valence-electron chi connectivity index (χ1n) is 7.18. The van der Waals surface area contributed by atoms with Crippen LogP contribution >= 0.6 is 11.3 Å². The van der Waals surface area contributed by atoms with Gasteiger partial charge >= 0.3 is 0 Å². The lowest BCUT2D eigenvalue weighted by Gasteiger charge is -2.17. The first-order chi connectivity index (χ1) is 10.1. The van der Waals surface area contributed by atoms with Crippen LogP contribution in [0.25, 0.3) is 10.6 Å². The van der Waals surface area contributed by atoms with Gasteiger partial charge in [0.15, 0.2) is 0 Å². The number of aliphatic imine (C=N–C) groups is 1. The first kappa shape index (κ1) is 15.9. The lowest BCUT2D eigenvalue weighted by Crippen LogP contribution is -2.00. The van der Waals surface area contributed by atoms with Gasteiger partial charge in [-0.2, -0.15) is 0 Å². The topological polar surface area (TPSA) is 34.5 Å². The quantitative estimate of drug-likeness (QED) is 0.700. The molecule has 0 bridgehead atoms. The van der Waals surface area contributed by atoms with E-state index in [-0.39, 0.29) is 6.10 Å². The molecule has 112 valence electrons. The van der Waals surface area contributed by atoms with Crippen molar-refractivity contribution in [2.24, 2.45) is 4.99 Å². The van der Waals surface area contributed by atoms with Crippen LogP contribution in [0, 0.1) is 6.92 Å². The summed E-state index contributed by atoms with van der Waals surface area (Å²) >= 11 is 1.65. The highest BCUT2D eigenvalue weighted by Crippen LogP contribution is 2.37. The van der Waals surface area contributed by atoms with Crippen LogP contribution in [0.1, 0.15) is 44.4 Å². The van der Waals surface area contributed by atoms with E-state index in [1.165, 1.54) is 5.56 Å². The molecule has 0 amide bonds. The van der Waals surface area contributed by atoms with Crippen LogP contribution in [-0.2, 0) is 4.74 Å². The molecular weight excluding hydrogens is 280 g/mol. The monoisotopic (exact) mass is 302 g/mol. The Morgan fingerprint density at radius 2 is 2.19 bits per heavy atom. The molecule has 4 heteroatoms. The normalized spacial score (nSPS) is 13.5. The summed E-state index contributed by atoms with van der Waals surface area (Å²) in [5, 5.41) is 3.04. The number of aromatic nitrogens is 1. The maximum absolute atomic E-state index is 5.50. The summed E-state index contributed by atoms with van der Waals surface area (Å²) in [5.74, 6) is 0. The van der Waals surface area contributed by atoms with Crippen LogP contribution < -0.4 is 0 Å². The van der Waals surface area contributed by atoms with Gasteiger partial charge in [0.2, 0.25) is 0 Å².